The van der Waals surface area contributed by atoms with Crippen LogP contribution in [0.25, 0.3) is 0 Å². The average molecular weight is 315 g/mol. The number of amides is 3. The standard InChI is InChI=1S/C16H11ClN2O3/c1-19-15(21)10-6-4-8-12(13(10)16(19)22)18-14(20)9-5-2-3-7-11(9)17/h2-8H,1H3,(H,18,20). The van der Waals surface area contributed by atoms with E-state index in [-0.39, 0.29) is 17.0 Å². The second kappa shape index (κ2) is 5.27. The fourth-order valence-electron chi connectivity index (χ4n) is 2.34. The number of halogens is 1. The molecule has 1 aliphatic heterocycles. The van der Waals surface area contributed by atoms with Gasteiger partial charge in [0.1, 0.15) is 0 Å². The van der Waals surface area contributed by atoms with E-state index < -0.39 is 11.8 Å². The van der Waals surface area contributed by atoms with E-state index in [2.05, 4.69) is 5.32 Å². The van der Waals surface area contributed by atoms with Gasteiger partial charge in [-0.2, -0.15) is 0 Å². The van der Waals surface area contributed by atoms with E-state index in [1.165, 1.54) is 7.05 Å². The van der Waals surface area contributed by atoms with Crippen LogP contribution in [0.15, 0.2) is 42.5 Å². The van der Waals surface area contributed by atoms with E-state index in [4.69, 9.17) is 11.6 Å². The van der Waals surface area contributed by atoms with Gasteiger partial charge in [0, 0.05) is 7.05 Å². The highest BCUT2D eigenvalue weighted by molar-refractivity contribution is 6.34. The Morgan fingerprint density at radius 2 is 1.77 bits per heavy atom. The summed E-state index contributed by atoms with van der Waals surface area (Å²) in [7, 11) is 1.41. The molecule has 110 valence electrons. The summed E-state index contributed by atoms with van der Waals surface area (Å²) in [6, 6.07) is 11.4. The van der Waals surface area contributed by atoms with Crippen LogP contribution in [0.2, 0.25) is 5.02 Å². The molecule has 22 heavy (non-hydrogen) atoms. The molecule has 1 N–H and O–H groups in total. The van der Waals surface area contributed by atoms with Crippen LogP contribution < -0.4 is 5.32 Å². The minimum atomic E-state index is -0.436. The monoisotopic (exact) mass is 314 g/mol. The Labute approximate surface area is 131 Å². The number of hydrogen-bond donors (Lipinski definition) is 1. The quantitative estimate of drug-likeness (QED) is 0.867. The Kier molecular flexibility index (Phi) is 3.42. The van der Waals surface area contributed by atoms with Gasteiger partial charge in [-0.25, -0.2) is 0 Å². The van der Waals surface area contributed by atoms with Gasteiger partial charge < -0.3 is 5.32 Å². The first-order chi connectivity index (χ1) is 10.5. The summed E-state index contributed by atoms with van der Waals surface area (Å²) in [6.45, 7) is 0. The van der Waals surface area contributed by atoms with Crippen molar-refractivity contribution >= 4 is 35.0 Å². The number of nitrogens with zero attached hydrogens (tertiary/aromatic N) is 1. The SMILES string of the molecule is CN1C(=O)c2cccc(NC(=O)c3ccccc3Cl)c2C1=O. The van der Waals surface area contributed by atoms with Crippen molar-refractivity contribution in [3.63, 3.8) is 0 Å². The maximum absolute atomic E-state index is 12.3. The van der Waals surface area contributed by atoms with E-state index in [0.717, 1.165) is 4.90 Å². The van der Waals surface area contributed by atoms with Gasteiger partial charge in [-0.05, 0) is 24.3 Å². The van der Waals surface area contributed by atoms with Gasteiger partial charge in [0.25, 0.3) is 17.7 Å². The molecule has 2 aromatic carbocycles. The van der Waals surface area contributed by atoms with Crippen molar-refractivity contribution in [3.05, 3.63) is 64.2 Å². The highest BCUT2D eigenvalue weighted by atomic mass is 35.5. The number of anilines is 1. The number of carbonyl (C=O) groups excluding carboxylic acids is 3. The molecule has 0 saturated heterocycles. The third kappa shape index (κ3) is 2.16. The summed E-state index contributed by atoms with van der Waals surface area (Å²) >= 11 is 5.99. The van der Waals surface area contributed by atoms with Gasteiger partial charge in [0.2, 0.25) is 0 Å². The molecule has 0 bridgehead atoms. The van der Waals surface area contributed by atoms with Gasteiger partial charge in [0.15, 0.2) is 0 Å². The van der Waals surface area contributed by atoms with Crippen LogP contribution >= 0.6 is 11.6 Å². The minimum Gasteiger partial charge on any atom is -0.321 e. The van der Waals surface area contributed by atoms with E-state index in [0.29, 0.717) is 16.3 Å². The number of benzene rings is 2. The zero-order chi connectivity index (χ0) is 15.9. The zero-order valence-electron chi connectivity index (χ0n) is 11.6. The smallest absolute Gasteiger partial charge is 0.263 e. The first kappa shape index (κ1) is 14.3. The van der Waals surface area contributed by atoms with Gasteiger partial charge in [-0.15, -0.1) is 0 Å². The maximum Gasteiger partial charge on any atom is 0.263 e. The molecule has 0 radical (unpaired) electrons. The van der Waals surface area contributed by atoms with Crippen molar-refractivity contribution in [1.82, 2.24) is 4.90 Å². The van der Waals surface area contributed by atoms with Crippen LogP contribution in [0.1, 0.15) is 31.1 Å². The highest BCUT2D eigenvalue weighted by Gasteiger charge is 2.35. The van der Waals surface area contributed by atoms with Crippen molar-refractivity contribution in [3.8, 4) is 0 Å². The molecule has 0 aliphatic carbocycles. The predicted molar refractivity (Wildman–Crippen MR) is 82.3 cm³/mol. The van der Waals surface area contributed by atoms with Crippen LogP contribution in [0.5, 0.6) is 0 Å². The van der Waals surface area contributed by atoms with E-state index in [9.17, 15) is 14.4 Å². The molecular weight excluding hydrogens is 304 g/mol. The topological polar surface area (TPSA) is 66.5 Å². The Morgan fingerprint density at radius 1 is 1.05 bits per heavy atom. The summed E-state index contributed by atoms with van der Waals surface area (Å²) in [6.07, 6.45) is 0. The molecule has 3 amide bonds. The Hall–Kier alpha value is -2.66. The van der Waals surface area contributed by atoms with E-state index in [1.54, 1.807) is 42.5 Å². The first-order valence-corrected chi connectivity index (χ1v) is 6.90. The lowest BCUT2D eigenvalue weighted by Gasteiger charge is -2.09. The maximum atomic E-state index is 12.3. The normalized spacial score (nSPS) is 13.3. The van der Waals surface area contributed by atoms with Crippen LogP contribution in [-0.2, 0) is 0 Å². The lowest BCUT2D eigenvalue weighted by atomic mass is 10.1. The van der Waals surface area contributed by atoms with Gasteiger partial charge in [-0.3, -0.25) is 19.3 Å². The number of imide groups is 1. The molecular formula is C16H11ClN2O3. The Balaban J connectivity index is 1.99. The molecule has 0 aromatic heterocycles. The number of fused-ring (bicyclic) bond motifs is 1. The third-order valence-corrected chi connectivity index (χ3v) is 3.81. The van der Waals surface area contributed by atoms with Crippen LogP contribution in [0, 0.1) is 0 Å². The highest BCUT2D eigenvalue weighted by Crippen LogP contribution is 2.29. The fourth-order valence-corrected chi connectivity index (χ4v) is 2.56. The van der Waals surface area contributed by atoms with E-state index in [1.807, 2.05) is 0 Å². The molecule has 0 atom stereocenters. The minimum absolute atomic E-state index is 0.204. The molecule has 0 saturated carbocycles. The first-order valence-electron chi connectivity index (χ1n) is 6.52. The Morgan fingerprint density at radius 3 is 2.50 bits per heavy atom. The van der Waals surface area contributed by atoms with Gasteiger partial charge in [-0.1, -0.05) is 29.8 Å². The lowest BCUT2D eigenvalue weighted by molar-refractivity contribution is 0.0693. The second-order valence-corrected chi connectivity index (χ2v) is 5.24. The number of rotatable bonds is 2. The van der Waals surface area contributed by atoms with Crippen molar-refractivity contribution in [2.75, 3.05) is 12.4 Å². The molecule has 0 spiro atoms. The number of carbonyl (C=O) groups is 3. The molecule has 5 nitrogen and oxygen atoms in total. The van der Waals surface area contributed by atoms with Crippen LogP contribution in [0.3, 0.4) is 0 Å². The molecule has 0 fully saturated rings. The van der Waals surface area contributed by atoms with Crippen molar-refractivity contribution in [2.45, 2.75) is 0 Å². The molecule has 1 aliphatic rings. The third-order valence-electron chi connectivity index (χ3n) is 3.48. The Bertz CT molecular complexity index is 817. The van der Waals surface area contributed by atoms with Crippen LogP contribution in [0.4, 0.5) is 5.69 Å². The summed E-state index contributed by atoms with van der Waals surface area (Å²) in [4.78, 5) is 37.4. The number of nitrogens with one attached hydrogen (secondary N) is 1. The molecule has 6 heteroatoms. The van der Waals surface area contributed by atoms with Crippen LogP contribution in [-0.4, -0.2) is 29.7 Å². The van der Waals surface area contributed by atoms with Crippen molar-refractivity contribution < 1.29 is 14.4 Å². The van der Waals surface area contributed by atoms with Crippen molar-refractivity contribution in [1.29, 1.82) is 0 Å². The molecule has 0 unspecified atom stereocenters. The largest absolute Gasteiger partial charge is 0.321 e. The lowest BCUT2D eigenvalue weighted by Crippen LogP contribution is -2.24. The summed E-state index contributed by atoms with van der Waals surface area (Å²) in [5, 5.41) is 2.96. The summed E-state index contributed by atoms with van der Waals surface area (Å²) in [5.74, 6) is -1.25. The summed E-state index contributed by atoms with van der Waals surface area (Å²) < 4.78 is 0. The van der Waals surface area contributed by atoms with Gasteiger partial charge >= 0.3 is 0 Å². The fraction of sp³-hybridized carbons (Fsp3) is 0.0625. The van der Waals surface area contributed by atoms with E-state index >= 15 is 0 Å². The predicted octanol–water partition coefficient (Wildman–Crippen LogP) is 2.82. The number of hydrogen-bond acceptors (Lipinski definition) is 3. The zero-order valence-corrected chi connectivity index (χ0v) is 12.3. The molecule has 3 rings (SSSR count). The second-order valence-electron chi connectivity index (χ2n) is 4.83. The molecule has 2 aromatic rings. The van der Waals surface area contributed by atoms with Crippen molar-refractivity contribution in [2.24, 2.45) is 0 Å². The summed E-state index contributed by atoms with van der Waals surface area (Å²) in [5.41, 5.74) is 1.08. The molecule has 1 heterocycles. The average Bonchev–Trinajstić information content (AvgIpc) is 2.73. The van der Waals surface area contributed by atoms with Gasteiger partial charge in [0.05, 0.1) is 27.4 Å².